The first-order valence-electron chi connectivity index (χ1n) is 10.4. The second-order valence-electron chi connectivity index (χ2n) is 7.28. The Morgan fingerprint density at radius 3 is 2.78 bits per heavy atom. The minimum atomic E-state index is -2.94. The van der Waals surface area contributed by atoms with Gasteiger partial charge in [-0.15, -0.1) is 0 Å². The van der Waals surface area contributed by atoms with Gasteiger partial charge in [-0.05, 0) is 60.7 Å². The molecular formula is C23H26F2N2O5. The molecule has 0 atom stereocenters. The Balaban J connectivity index is 1.36. The van der Waals surface area contributed by atoms with E-state index >= 15 is 0 Å². The van der Waals surface area contributed by atoms with E-state index in [1.54, 1.807) is 18.2 Å². The van der Waals surface area contributed by atoms with Crippen LogP contribution in [0.25, 0.3) is 0 Å². The van der Waals surface area contributed by atoms with Crippen molar-refractivity contribution >= 4 is 17.5 Å². The van der Waals surface area contributed by atoms with Crippen LogP contribution in [0.2, 0.25) is 0 Å². The first-order valence-corrected chi connectivity index (χ1v) is 10.4. The van der Waals surface area contributed by atoms with Crippen molar-refractivity contribution < 1.29 is 32.6 Å². The Morgan fingerprint density at radius 2 is 2.00 bits per heavy atom. The second-order valence-corrected chi connectivity index (χ2v) is 7.28. The van der Waals surface area contributed by atoms with Gasteiger partial charge in [0.1, 0.15) is 5.75 Å². The lowest BCUT2D eigenvalue weighted by atomic mass is 10.0. The highest BCUT2D eigenvalue weighted by atomic mass is 19.3. The SMILES string of the molecule is COc1ccc(CCNC(=O)CCCOc2ccc3c(c2)CCC(=O)N3)cc1OC(F)F. The number of anilines is 1. The zero-order valence-electron chi connectivity index (χ0n) is 17.8. The van der Waals surface area contributed by atoms with Crippen molar-refractivity contribution in [3.05, 3.63) is 47.5 Å². The number of rotatable bonds is 11. The number of methoxy groups -OCH3 is 1. The number of carbonyl (C=O) groups excluding carboxylic acids is 2. The smallest absolute Gasteiger partial charge is 0.387 e. The molecule has 7 nitrogen and oxygen atoms in total. The summed E-state index contributed by atoms with van der Waals surface area (Å²) in [4.78, 5) is 23.4. The summed E-state index contributed by atoms with van der Waals surface area (Å²) in [5.41, 5.74) is 2.60. The molecule has 0 aliphatic carbocycles. The number of hydrogen-bond donors (Lipinski definition) is 2. The molecule has 0 saturated carbocycles. The number of fused-ring (bicyclic) bond motifs is 1. The van der Waals surface area contributed by atoms with Crippen LogP contribution in [0.3, 0.4) is 0 Å². The van der Waals surface area contributed by atoms with Crippen LogP contribution in [-0.2, 0) is 22.4 Å². The van der Waals surface area contributed by atoms with Crippen molar-refractivity contribution in [2.24, 2.45) is 0 Å². The van der Waals surface area contributed by atoms with Gasteiger partial charge in [-0.2, -0.15) is 8.78 Å². The molecule has 32 heavy (non-hydrogen) atoms. The van der Waals surface area contributed by atoms with Crippen molar-refractivity contribution in [2.75, 3.05) is 25.6 Å². The van der Waals surface area contributed by atoms with Crippen LogP contribution in [-0.4, -0.2) is 38.7 Å². The second kappa shape index (κ2) is 11.3. The standard InChI is InChI=1S/C23H26F2N2O5/c1-30-19-8-4-15(13-20(19)32-23(24)25)10-11-26-21(28)3-2-12-31-17-6-7-18-16(14-17)5-9-22(29)27-18/h4,6-8,13-14,23H,2-3,5,9-12H2,1H3,(H,26,28)(H,27,29). The van der Waals surface area contributed by atoms with Gasteiger partial charge < -0.3 is 24.8 Å². The molecule has 9 heteroatoms. The molecule has 1 aliphatic rings. The largest absolute Gasteiger partial charge is 0.494 e. The van der Waals surface area contributed by atoms with Gasteiger partial charge in [0.15, 0.2) is 11.5 Å². The Bertz CT molecular complexity index is 952. The molecule has 0 spiro atoms. The molecule has 2 N–H and O–H groups in total. The van der Waals surface area contributed by atoms with Crippen molar-refractivity contribution in [1.29, 1.82) is 0 Å². The van der Waals surface area contributed by atoms with Gasteiger partial charge >= 0.3 is 6.61 Å². The number of amides is 2. The maximum absolute atomic E-state index is 12.5. The van der Waals surface area contributed by atoms with Crippen LogP contribution in [0.4, 0.5) is 14.5 Å². The monoisotopic (exact) mass is 448 g/mol. The van der Waals surface area contributed by atoms with E-state index in [0.717, 1.165) is 16.8 Å². The van der Waals surface area contributed by atoms with E-state index in [0.29, 0.717) is 51.0 Å². The molecule has 1 aliphatic heterocycles. The number of ether oxygens (including phenoxy) is 3. The van der Waals surface area contributed by atoms with Crippen molar-refractivity contribution in [2.45, 2.75) is 38.7 Å². The predicted molar refractivity (Wildman–Crippen MR) is 114 cm³/mol. The number of alkyl halides is 2. The Hall–Kier alpha value is -3.36. The lowest BCUT2D eigenvalue weighted by Gasteiger charge is -2.17. The molecule has 0 fully saturated rings. The Morgan fingerprint density at radius 1 is 1.16 bits per heavy atom. The minimum Gasteiger partial charge on any atom is -0.494 e. The summed E-state index contributed by atoms with van der Waals surface area (Å²) in [5, 5.41) is 5.63. The molecule has 3 rings (SSSR count). The fourth-order valence-corrected chi connectivity index (χ4v) is 3.37. The number of carbonyl (C=O) groups is 2. The molecule has 2 aromatic carbocycles. The van der Waals surface area contributed by atoms with Gasteiger partial charge in [0.05, 0.1) is 13.7 Å². The minimum absolute atomic E-state index is 0.0195. The number of nitrogens with one attached hydrogen (secondary N) is 2. The fourth-order valence-electron chi connectivity index (χ4n) is 3.37. The fraction of sp³-hybridized carbons (Fsp3) is 0.391. The summed E-state index contributed by atoms with van der Waals surface area (Å²) in [7, 11) is 1.38. The van der Waals surface area contributed by atoms with Crippen molar-refractivity contribution in [3.63, 3.8) is 0 Å². The maximum atomic E-state index is 12.5. The van der Waals surface area contributed by atoms with Crippen molar-refractivity contribution in [1.82, 2.24) is 5.32 Å². The predicted octanol–water partition coefficient (Wildman–Crippen LogP) is 3.70. The highest BCUT2D eigenvalue weighted by Crippen LogP contribution is 2.29. The van der Waals surface area contributed by atoms with Crippen molar-refractivity contribution in [3.8, 4) is 17.2 Å². The third-order valence-electron chi connectivity index (χ3n) is 4.97. The molecule has 0 saturated heterocycles. The highest BCUT2D eigenvalue weighted by Gasteiger charge is 2.15. The first kappa shape index (κ1) is 23.3. The van der Waals surface area contributed by atoms with Gasteiger partial charge in [0.25, 0.3) is 0 Å². The van der Waals surface area contributed by atoms with E-state index in [1.165, 1.54) is 13.2 Å². The first-order chi connectivity index (χ1) is 15.4. The molecule has 2 amide bonds. The summed E-state index contributed by atoms with van der Waals surface area (Å²) >= 11 is 0. The summed E-state index contributed by atoms with van der Waals surface area (Å²) < 4.78 is 40.2. The lowest BCUT2D eigenvalue weighted by Crippen LogP contribution is -2.25. The van der Waals surface area contributed by atoms with Crippen LogP contribution in [0, 0.1) is 0 Å². The van der Waals surface area contributed by atoms with E-state index in [9.17, 15) is 18.4 Å². The van der Waals surface area contributed by atoms with E-state index in [1.807, 2.05) is 12.1 Å². The number of aryl methyl sites for hydroxylation is 1. The molecule has 172 valence electrons. The summed E-state index contributed by atoms with van der Waals surface area (Å²) in [6, 6.07) is 10.3. The average Bonchev–Trinajstić information content (AvgIpc) is 2.76. The quantitative estimate of drug-likeness (QED) is 0.512. The topological polar surface area (TPSA) is 85.9 Å². The highest BCUT2D eigenvalue weighted by molar-refractivity contribution is 5.94. The Kier molecular flexibility index (Phi) is 8.24. The van der Waals surface area contributed by atoms with Gasteiger partial charge in [-0.1, -0.05) is 6.07 Å². The average molecular weight is 448 g/mol. The molecule has 0 unspecified atom stereocenters. The maximum Gasteiger partial charge on any atom is 0.387 e. The zero-order chi connectivity index (χ0) is 22.9. The third kappa shape index (κ3) is 6.83. The number of hydrogen-bond acceptors (Lipinski definition) is 5. The summed E-state index contributed by atoms with van der Waals surface area (Å²) in [5.74, 6) is 0.807. The van der Waals surface area contributed by atoms with E-state index < -0.39 is 6.61 Å². The lowest BCUT2D eigenvalue weighted by molar-refractivity contribution is -0.121. The van der Waals surface area contributed by atoms with Crippen LogP contribution < -0.4 is 24.8 Å². The molecule has 1 heterocycles. The molecule has 2 aromatic rings. The molecular weight excluding hydrogens is 422 g/mol. The number of halogens is 2. The summed E-state index contributed by atoms with van der Waals surface area (Å²) in [6.45, 7) is -2.18. The number of benzene rings is 2. The zero-order valence-corrected chi connectivity index (χ0v) is 17.8. The van der Waals surface area contributed by atoms with Gasteiger partial charge in [0, 0.05) is 25.1 Å². The Labute approximate surface area is 185 Å². The third-order valence-corrected chi connectivity index (χ3v) is 4.97. The normalized spacial score (nSPS) is 12.7. The van der Waals surface area contributed by atoms with E-state index in [2.05, 4.69) is 15.4 Å². The summed E-state index contributed by atoms with van der Waals surface area (Å²) in [6.07, 6.45) is 2.48. The van der Waals surface area contributed by atoms with Gasteiger partial charge in [-0.3, -0.25) is 9.59 Å². The van der Waals surface area contributed by atoms with Crippen LogP contribution >= 0.6 is 0 Å². The van der Waals surface area contributed by atoms with Crippen LogP contribution in [0.15, 0.2) is 36.4 Å². The molecule has 0 aromatic heterocycles. The molecule has 0 radical (unpaired) electrons. The van der Waals surface area contributed by atoms with Gasteiger partial charge in [-0.25, -0.2) is 0 Å². The molecule has 0 bridgehead atoms. The van der Waals surface area contributed by atoms with E-state index in [4.69, 9.17) is 9.47 Å². The van der Waals surface area contributed by atoms with Crippen LogP contribution in [0.5, 0.6) is 17.2 Å². The van der Waals surface area contributed by atoms with Crippen LogP contribution in [0.1, 0.15) is 30.4 Å². The van der Waals surface area contributed by atoms with Gasteiger partial charge in [0.2, 0.25) is 11.8 Å². The van der Waals surface area contributed by atoms with E-state index in [-0.39, 0.29) is 23.3 Å².